The predicted octanol–water partition coefficient (Wildman–Crippen LogP) is 3.83. The summed E-state index contributed by atoms with van der Waals surface area (Å²) in [6.07, 6.45) is 2.40. The summed E-state index contributed by atoms with van der Waals surface area (Å²) < 4.78 is 0. The van der Waals surface area contributed by atoms with Gasteiger partial charge in [0.2, 0.25) is 0 Å². The molecule has 0 aliphatic rings. The molecule has 84 valence electrons. The Morgan fingerprint density at radius 3 is 2.40 bits per heavy atom. The molecule has 0 saturated carbocycles. The normalized spacial score (nSPS) is 13.1. The van der Waals surface area contributed by atoms with E-state index >= 15 is 0 Å². The van der Waals surface area contributed by atoms with Crippen molar-refractivity contribution in [2.45, 2.75) is 52.6 Å². The Morgan fingerprint density at radius 2 is 1.87 bits per heavy atom. The van der Waals surface area contributed by atoms with Crippen molar-refractivity contribution in [2.75, 3.05) is 0 Å². The van der Waals surface area contributed by atoms with Crippen LogP contribution in [0.15, 0.2) is 24.3 Å². The van der Waals surface area contributed by atoms with Crippen LogP contribution in [0.1, 0.15) is 50.8 Å². The number of rotatable bonds is 5. The highest BCUT2D eigenvalue weighted by molar-refractivity contribution is 5.24. The molecule has 1 aromatic rings. The summed E-state index contributed by atoms with van der Waals surface area (Å²) >= 11 is 0. The maximum absolute atomic E-state index is 3.66. The highest BCUT2D eigenvalue weighted by Gasteiger charge is 2.09. The maximum Gasteiger partial charge on any atom is 0.0294 e. The molecular weight excluding hydrogens is 182 g/mol. The van der Waals surface area contributed by atoms with Crippen molar-refractivity contribution < 1.29 is 0 Å². The van der Waals surface area contributed by atoms with Crippen molar-refractivity contribution in [1.82, 2.24) is 5.32 Å². The molecule has 0 amide bonds. The van der Waals surface area contributed by atoms with Crippen molar-refractivity contribution in [1.29, 1.82) is 0 Å². The van der Waals surface area contributed by atoms with E-state index < -0.39 is 0 Å². The molecule has 0 aliphatic heterocycles. The molecule has 0 aliphatic carbocycles. The first-order valence-electron chi connectivity index (χ1n) is 6.00. The first kappa shape index (κ1) is 12.3. The van der Waals surface area contributed by atoms with Gasteiger partial charge in [0.1, 0.15) is 0 Å². The van der Waals surface area contributed by atoms with E-state index in [4.69, 9.17) is 0 Å². The molecule has 1 rings (SSSR count). The minimum atomic E-state index is 0.454. The highest BCUT2D eigenvalue weighted by atomic mass is 14.9. The summed E-state index contributed by atoms with van der Waals surface area (Å²) in [5.41, 5.74) is 2.73. The van der Waals surface area contributed by atoms with Gasteiger partial charge < -0.3 is 5.32 Å². The Morgan fingerprint density at radius 1 is 1.20 bits per heavy atom. The second-order valence-corrected chi connectivity index (χ2v) is 4.32. The summed E-state index contributed by atoms with van der Waals surface area (Å²) in [6.45, 7) is 8.87. The minimum absolute atomic E-state index is 0.454. The highest BCUT2D eigenvalue weighted by Crippen LogP contribution is 2.15. The average Bonchev–Trinajstić information content (AvgIpc) is 2.25. The Hall–Kier alpha value is -0.820. The van der Waals surface area contributed by atoms with Crippen LogP contribution < -0.4 is 5.32 Å². The van der Waals surface area contributed by atoms with Gasteiger partial charge in [-0.2, -0.15) is 0 Å². The average molecular weight is 205 g/mol. The first-order chi connectivity index (χ1) is 7.17. The number of hydrogen-bond donors (Lipinski definition) is 1. The van der Waals surface area contributed by atoms with Crippen LogP contribution in [0.2, 0.25) is 0 Å². The fraction of sp³-hybridized carbons (Fsp3) is 0.571. The Kier molecular flexibility index (Phi) is 4.83. The lowest BCUT2D eigenvalue weighted by molar-refractivity contribution is 0.432. The van der Waals surface area contributed by atoms with Crippen molar-refractivity contribution in [3.63, 3.8) is 0 Å². The lowest BCUT2D eigenvalue weighted by atomic mass is 10.0. The van der Waals surface area contributed by atoms with E-state index in [0.29, 0.717) is 12.1 Å². The summed E-state index contributed by atoms with van der Waals surface area (Å²) in [6, 6.07) is 9.84. The van der Waals surface area contributed by atoms with Crippen LogP contribution >= 0.6 is 0 Å². The zero-order valence-corrected chi connectivity index (χ0v) is 10.4. The van der Waals surface area contributed by atoms with Crippen LogP contribution in [0.3, 0.4) is 0 Å². The molecule has 0 fully saturated rings. The fourth-order valence-electron chi connectivity index (χ4n) is 1.91. The molecule has 0 unspecified atom stereocenters. The van der Waals surface area contributed by atoms with E-state index in [0.717, 1.165) is 0 Å². The molecule has 1 atom stereocenters. The fourth-order valence-corrected chi connectivity index (χ4v) is 1.91. The molecular formula is C14H23N. The molecule has 0 spiro atoms. The summed E-state index contributed by atoms with van der Waals surface area (Å²) in [4.78, 5) is 0. The van der Waals surface area contributed by atoms with E-state index in [1.54, 1.807) is 0 Å². The van der Waals surface area contributed by atoms with Crippen LogP contribution in [-0.4, -0.2) is 6.04 Å². The third-order valence-electron chi connectivity index (χ3n) is 3.01. The molecule has 0 heterocycles. The number of benzene rings is 1. The molecule has 1 nitrogen and oxygen atoms in total. The van der Waals surface area contributed by atoms with Gasteiger partial charge in [-0.25, -0.2) is 0 Å². The standard InChI is InChI=1S/C14H23N/c1-5-14(6-2)15-12(4)13-9-7-8-11(3)10-13/h7-10,12,14-15H,5-6H2,1-4H3/t12-/m1/s1. The van der Waals surface area contributed by atoms with E-state index in [9.17, 15) is 0 Å². The quantitative estimate of drug-likeness (QED) is 0.770. The summed E-state index contributed by atoms with van der Waals surface area (Å²) in [7, 11) is 0. The molecule has 0 saturated heterocycles. The third kappa shape index (κ3) is 3.67. The van der Waals surface area contributed by atoms with Crippen molar-refractivity contribution in [2.24, 2.45) is 0 Å². The van der Waals surface area contributed by atoms with Gasteiger partial charge in [-0.05, 0) is 32.3 Å². The molecule has 0 radical (unpaired) electrons. The topological polar surface area (TPSA) is 12.0 Å². The molecule has 1 aromatic carbocycles. The second-order valence-electron chi connectivity index (χ2n) is 4.32. The largest absolute Gasteiger partial charge is 0.307 e. The summed E-state index contributed by atoms with van der Waals surface area (Å²) in [5, 5.41) is 3.66. The lowest BCUT2D eigenvalue weighted by Gasteiger charge is -2.21. The maximum atomic E-state index is 3.66. The van der Waals surface area contributed by atoms with Crippen molar-refractivity contribution in [3.05, 3.63) is 35.4 Å². The first-order valence-corrected chi connectivity index (χ1v) is 6.00. The van der Waals surface area contributed by atoms with Crippen molar-refractivity contribution >= 4 is 0 Å². The molecule has 15 heavy (non-hydrogen) atoms. The van der Waals surface area contributed by atoms with Gasteiger partial charge in [-0.1, -0.05) is 43.7 Å². The Bertz CT molecular complexity index is 289. The van der Waals surface area contributed by atoms with Crippen LogP contribution in [-0.2, 0) is 0 Å². The SMILES string of the molecule is CCC(CC)N[C@H](C)c1cccc(C)c1. The van der Waals surface area contributed by atoms with Gasteiger partial charge in [-0.15, -0.1) is 0 Å². The Labute approximate surface area is 93.9 Å². The van der Waals surface area contributed by atoms with Crippen molar-refractivity contribution in [3.8, 4) is 0 Å². The predicted molar refractivity (Wildman–Crippen MR) is 67.1 cm³/mol. The van der Waals surface area contributed by atoms with Gasteiger partial charge in [0.05, 0.1) is 0 Å². The van der Waals surface area contributed by atoms with E-state index in [2.05, 4.69) is 57.3 Å². The minimum Gasteiger partial charge on any atom is -0.307 e. The van der Waals surface area contributed by atoms with E-state index in [-0.39, 0.29) is 0 Å². The lowest BCUT2D eigenvalue weighted by Crippen LogP contribution is -2.30. The molecule has 1 N–H and O–H groups in total. The zero-order chi connectivity index (χ0) is 11.3. The molecule has 0 aromatic heterocycles. The van der Waals surface area contributed by atoms with Gasteiger partial charge >= 0.3 is 0 Å². The second kappa shape index (κ2) is 5.92. The van der Waals surface area contributed by atoms with Gasteiger partial charge in [0, 0.05) is 12.1 Å². The number of hydrogen-bond acceptors (Lipinski definition) is 1. The molecule has 1 heteroatoms. The summed E-state index contributed by atoms with van der Waals surface area (Å²) in [5.74, 6) is 0. The van der Waals surface area contributed by atoms with E-state index in [1.807, 2.05) is 0 Å². The monoisotopic (exact) mass is 205 g/mol. The smallest absolute Gasteiger partial charge is 0.0294 e. The van der Waals surface area contributed by atoms with Crippen LogP contribution in [0, 0.1) is 6.92 Å². The van der Waals surface area contributed by atoms with Crippen LogP contribution in [0.25, 0.3) is 0 Å². The van der Waals surface area contributed by atoms with Gasteiger partial charge in [0.25, 0.3) is 0 Å². The zero-order valence-electron chi connectivity index (χ0n) is 10.4. The molecule has 0 bridgehead atoms. The van der Waals surface area contributed by atoms with Crippen LogP contribution in [0.4, 0.5) is 0 Å². The number of aryl methyl sites for hydroxylation is 1. The van der Waals surface area contributed by atoms with Crippen LogP contribution in [0.5, 0.6) is 0 Å². The number of nitrogens with one attached hydrogen (secondary N) is 1. The van der Waals surface area contributed by atoms with Gasteiger partial charge in [0.15, 0.2) is 0 Å². The third-order valence-corrected chi connectivity index (χ3v) is 3.01. The Balaban J connectivity index is 2.64. The van der Waals surface area contributed by atoms with Gasteiger partial charge in [-0.3, -0.25) is 0 Å². The van der Waals surface area contributed by atoms with E-state index in [1.165, 1.54) is 24.0 Å².